The van der Waals surface area contributed by atoms with Gasteiger partial charge < -0.3 is 5.32 Å². The van der Waals surface area contributed by atoms with Gasteiger partial charge in [-0.1, -0.05) is 11.6 Å². The van der Waals surface area contributed by atoms with Gasteiger partial charge in [0.05, 0.1) is 5.02 Å². The zero-order chi connectivity index (χ0) is 13.1. The van der Waals surface area contributed by atoms with Crippen molar-refractivity contribution in [3.63, 3.8) is 0 Å². The minimum atomic E-state index is 0.398. The third-order valence-electron chi connectivity index (χ3n) is 3.48. The Morgan fingerprint density at radius 3 is 2.95 bits per heavy atom. The molecule has 0 aliphatic carbocycles. The first-order valence-electron chi connectivity index (χ1n) is 6.41. The van der Waals surface area contributed by atoms with Crippen LogP contribution in [0.15, 0.2) is 36.0 Å². The first-order chi connectivity index (χ1) is 9.34. The van der Waals surface area contributed by atoms with Crippen LogP contribution in [0, 0.1) is 0 Å². The summed E-state index contributed by atoms with van der Waals surface area (Å²) in [6.07, 6.45) is 3.72. The van der Waals surface area contributed by atoms with Crippen molar-refractivity contribution in [2.24, 2.45) is 0 Å². The van der Waals surface area contributed by atoms with Gasteiger partial charge in [0.2, 0.25) is 0 Å². The lowest BCUT2D eigenvalue weighted by Gasteiger charge is -2.36. The van der Waals surface area contributed by atoms with Crippen molar-refractivity contribution in [1.29, 1.82) is 0 Å². The summed E-state index contributed by atoms with van der Waals surface area (Å²) in [5.41, 5.74) is 1.31. The van der Waals surface area contributed by atoms with E-state index in [1.54, 1.807) is 11.3 Å². The van der Waals surface area contributed by atoms with Crippen LogP contribution in [0.5, 0.6) is 0 Å². The molecule has 0 amide bonds. The molecule has 19 heavy (non-hydrogen) atoms. The number of hydrogen-bond acceptors (Lipinski definition) is 4. The third kappa shape index (κ3) is 2.98. The number of halogens is 1. The Morgan fingerprint density at radius 2 is 2.21 bits per heavy atom. The summed E-state index contributed by atoms with van der Waals surface area (Å²) in [6, 6.07) is 6.57. The van der Waals surface area contributed by atoms with E-state index >= 15 is 0 Å². The molecule has 0 bridgehead atoms. The van der Waals surface area contributed by atoms with Gasteiger partial charge in [0.1, 0.15) is 0 Å². The summed E-state index contributed by atoms with van der Waals surface area (Å²) in [5.74, 6) is 0. The lowest BCUT2D eigenvalue weighted by molar-refractivity contribution is 0.155. The summed E-state index contributed by atoms with van der Waals surface area (Å²) in [7, 11) is 0. The zero-order valence-electron chi connectivity index (χ0n) is 10.6. The first kappa shape index (κ1) is 13.1. The average molecular weight is 294 g/mol. The van der Waals surface area contributed by atoms with E-state index in [1.165, 1.54) is 10.4 Å². The minimum absolute atomic E-state index is 0.398. The van der Waals surface area contributed by atoms with Gasteiger partial charge >= 0.3 is 0 Å². The number of rotatable bonds is 3. The summed E-state index contributed by atoms with van der Waals surface area (Å²) >= 11 is 7.94. The largest absolute Gasteiger partial charge is 0.314 e. The molecule has 2 aromatic heterocycles. The van der Waals surface area contributed by atoms with E-state index in [9.17, 15) is 0 Å². The van der Waals surface area contributed by atoms with Crippen LogP contribution in [0.25, 0.3) is 0 Å². The van der Waals surface area contributed by atoms with Gasteiger partial charge in [-0.15, -0.1) is 11.3 Å². The smallest absolute Gasteiger partial charge is 0.0558 e. The van der Waals surface area contributed by atoms with Crippen molar-refractivity contribution < 1.29 is 0 Å². The summed E-state index contributed by atoms with van der Waals surface area (Å²) in [5, 5.41) is 6.41. The highest BCUT2D eigenvalue weighted by atomic mass is 35.5. The summed E-state index contributed by atoms with van der Waals surface area (Å²) < 4.78 is 0. The molecule has 3 rings (SSSR count). The Morgan fingerprint density at radius 1 is 1.37 bits per heavy atom. The molecule has 1 N–H and O–H groups in total. The lowest BCUT2D eigenvalue weighted by Crippen LogP contribution is -2.45. The molecule has 0 radical (unpaired) electrons. The maximum atomic E-state index is 6.21. The monoisotopic (exact) mass is 293 g/mol. The van der Waals surface area contributed by atoms with Crippen molar-refractivity contribution in [3.05, 3.63) is 51.4 Å². The molecule has 1 aliphatic heterocycles. The van der Waals surface area contributed by atoms with Gasteiger partial charge in [0.25, 0.3) is 0 Å². The third-order valence-corrected chi connectivity index (χ3v) is 4.85. The highest BCUT2D eigenvalue weighted by Crippen LogP contribution is 2.28. The molecule has 3 heterocycles. The normalized spacial score (nSPS) is 20.6. The van der Waals surface area contributed by atoms with Crippen molar-refractivity contribution >= 4 is 22.9 Å². The molecule has 5 heteroatoms. The Labute approximate surface area is 122 Å². The number of piperazine rings is 1. The molecule has 1 saturated heterocycles. The predicted octanol–water partition coefficient (Wildman–Crippen LogP) is 2.94. The van der Waals surface area contributed by atoms with Crippen molar-refractivity contribution in [2.75, 3.05) is 19.6 Å². The molecule has 0 spiro atoms. The Balaban J connectivity index is 1.80. The van der Waals surface area contributed by atoms with Gasteiger partial charge in [-0.25, -0.2) is 0 Å². The fourth-order valence-corrected chi connectivity index (χ4v) is 3.59. The van der Waals surface area contributed by atoms with E-state index in [1.807, 2.05) is 18.5 Å². The second-order valence-corrected chi connectivity index (χ2v) is 6.07. The molecule has 1 unspecified atom stereocenters. The molecule has 0 aromatic carbocycles. The van der Waals surface area contributed by atoms with Crippen LogP contribution < -0.4 is 5.32 Å². The molecule has 0 saturated carbocycles. The van der Waals surface area contributed by atoms with Crippen molar-refractivity contribution in [2.45, 2.75) is 12.6 Å². The van der Waals surface area contributed by atoms with Crippen LogP contribution in [0.1, 0.15) is 16.5 Å². The average Bonchev–Trinajstić information content (AvgIpc) is 2.86. The number of thiophene rings is 1. The molecule has 3 nitrogen and oxygen atoms in total. The molecule has 1 aliphatic rings. The van der Waals surface area contributed by atoms with Gasteiger partial charge in [-0.3, -0.25) is 9.88 Å². The van der Waals surface area contributed by atoms with Gasteiger partial charge in [0, 0.05) is 49.5 Å². The number of aromatic nitrogens is 1. The Hall–Kier alpha value is -0.940. The fraction of sp³-hybridized carbons (Fsp3) is 0.357. The number of nitrogens with zero attached hydrogens (tertiary/aromatic N) is 2. The molecule has 1 atom stereocenters. The quantitative estimate of drug-likeness (QED) is 0.943. The standard InChI is InChI=1S/C14H16ClN3S/c15-12-3-8-19-14(12)10-18-7-6-17-9-13(18)11-1-4-16-5-2-11/h1-5,8,13,17H,6-7,9-10H2. The maximum Gasteiger partial charge on any atom is 0.0558 e. The second kappa shape index (κ2) is 6.01. The lowest BCUT2D eigenvalue weighted by atomic mass is 10.0. The van der Waals surface area contributed by atoms with Crippen LogP contribution in [-0.2, 0) is 6.54 Å². The van der Waals surface area contributed by atoms with Crippen LogP contribution in [0.2, 0.25) is 5.02 Å². The number of hydrogen-bond donors (Lipinski definition) is 1. The Kier molecular flexibility index (Phi) is 4.13. The molecule has 2 aromatic rings. The zero-order valence-corrected chi connectivity index (χ0v) is 12.1. The summed E-state index contributed by atoms with van der Waals surface area (Å²) in [6.45, 7) is 3.98. The van der Waals surface area contributed by atoms with E-state index in [0.29, 0.717) is 6.04 Å². The molecule has 100 valence electrons. The molecular weight excluding hydrogens is 278 g/mol. The van der Waals surface area contributed by atoms with E-state index in [4.69, 9.17) is 11.6 Å². The highest BCUT2D eigenvalue weighted by Gasteiger charge is 2.24. The SMILES string of the molecule is Clc1ccsc1CN1CCNCC1c1ccncc1. The van der Waals surface area contributed by atoms with E-state index in [2.05, 4.69) is 32.7 Å². The second-order valence-electron chi connectivity index (χ2n) is 4.66. The minimum Gasteiger partial charge on any atom is -0.314 e. The Bertz CT molecular complexity index is 528. The van der Waals surface area contributed by atoms with Gasteiger partial charge in [-0.05, 0) is 29.1 Å². The topological polar surface area (TPSA) is 28.2 Å². The maximum absolute atomic E-state index is 6.21. The van der Waals surface area contributed by atoms with Crippen molar-refractivity contribution in [1.82, 2.24) is 15.2 Å². The van der Waals surface area contributed by atoms with Crippen LogP contribution in [0.3, 0.4) is 0 Å². The molecule has 1 fully saturated rings. The highest BCUT2D eigenvalue weighted by molar-refractivity contribution is 7.10. The number of nitrogens with one attached hydrogen (secondary N) is 1. The van der Waals surface area contributed by atoms with E-state index < -0.39 is 0 Å². The van der Waals surface area contributed by atoms with Gasteiger partial charge in [0.15, 0.2) is 0 Å². The molecular formula is C14H16ClN3S. The predicted molar refractivity (Wildman–Crippen MR) is 79.6 cm³/mol. The van der Waals surface area contributed by atoms with Crippen LogP contribution >= 0.6 is 22.9 Å². The van der Waals surface area contributed by atoms with Crippen LogP contribution in [-0.4, -0.2) is 29.5 Å². The van der Waals surface area contributed by atoms with E-state index in [0.717, 1.165) is 31.2 Å². The fourth-order valence-electron chi connectivity index (χ4n) is 2.47. The van der Waals surface area contributed by atoms with Crippen molar-refractivity contribution in [3.8, 4) is 0 Å². The van der Waals surface area contributed by atoms with Gasteiger partial charge in [-0.2, -0.15) is 0 Å². The van der Waals surface area contributed by atoms with E-state index in [-0.39, 0.29) is 0 Å². The first-order valence-corrected chi connectivity index (χ1v) is 7.67. The van der Waals surface area contributed by atoms with Crippen LogP contribution in [0.4, 0.5) is 0 Å². The summed E-state index contributed by atoms with van der Waals surface area (Å²) in [4.78, 5) is 7.84. The number of pyridine rings is 1.